The standard InChI is InChI=1S/C10H15NO3/c1-3-6-7(4-2)9(10(13)14)11-8(6)5-12/h11-12H,3-5H2,1-2H3,(H,13,14). The van der Waals surface area contributed by atoms with Crippen LogP contribution in [-0.4, -0.2) is 21.2 Å². The Hall–Kier alpha value is -1.29. The first-order valence-corrected chi connectivity index (χ1v) is 4.72. The second-order valence-electron chi connectivity index (χ2n) is 3.11. The Balaban J connectivity index is 3.31. The Bertz CT molecular complexity index is 341. The summed E-state index contributed by atoms with van der Waals surface area (Å²) in [5, 5.41) is 18.0. The second-order valence-corrected chi connectivity index (χ2v) is 3.11. The van der Waals surface area contributed by atoms with E-state index >= 15 is 0 Å². The van der Waals surface area contributed by atoms with Crippen LogP contribution in [0.4, 0.5) is 0 Å². The number of aromatic carboxylic acids is 1. The first-order chi connectivity index (χ1) is 6.65. The van der Waals surface area contributed by atoms with Gasteiger partial charge in [0.15, 0.2) is 0 Å². The third kappa shape index (κ3) is 1.65. The van der Waals surface area contributed by atoms with E-state index in [9.17, 15) is 4.79 Å². The number of aliphatic hydroxyl groups excluding tert-OH is 1. The molecule has 0 atom stereocenters. The van der Waals surface area contributed by atoms with Gasteiger partial charge in [-0.25, -0.2) is 4.79 Å². The molecule has 0 aliphatic rings. The monoisotopic (exact) mass is 197 g/mol. The van der Waals surface area contributed by atoms with Crippen molar-refractivity contribution < 1.29 is 15.0 Å². The lowest BCUT2D eigenvalue weighted by Crippen LogP contribution is -2.01. The third-order valence-corrected chi connectivity index (χ3v) is 2.39. The molecule has 0 aromatic carbocycles. The number of rotatable bonds is 4. The van der Waals surface area contributed by atoms with Gasteiger partial charge in [0.05, 0.1) is 6.61 Å². The summed E-state index contributed by atoms with van der Waals surface area (Å²) in [7, 11) is 0. The number of carbonyl (C=O) groups is 1. The van der Waals surface area contributed by atoms with Crippen molar-refractivity contribution >= 4 is 5.97 Å². The van der Waals surface area contributed by atoms with Crippen molar-refractivity contribution in [3.63, 3.8) is 0 Å². The number of carboxylic acids is 1. The number of aliphatic hydroxyl groups is 1. The normalized spacial score (nSPS) is 10.5. The van der Waals surface area contributed by atoms with Crippen molar-refractivity contribution in [2.75, 3.05) is 0 Å². The van der Waals surface area contributed by atoms with Crippen LogP contribution in [0.3, 0.4) is 0 Å². The molecule has 1 rings (SSSR count). The number of aromatic amines is 1. The Morgan fingerprint density at radius 3 is 2.21 bits per heavy atom. The summed E-state index contributed by atoms with van der Waals surface area (Å²) in [6, 6.07) is 0. The topological polar surface area (TPSA) is 73.3 Å². The Kier molecular flexibility index (Phi) is 3.30. The van der Waals surface area contributed by atoms with Crippen molar-refractivity contribution in [2.45, 2.75) is 33.3 Å². The highest BCUT2D eigenvalue weighted by molar-refractivity contribution is 5.88. The fourth-order valence-corrected chi connectivity index (χ4v) is 1.77. The molecule has 3 N–H and O–H groups in total. The molecule has 1 heterocycles. The number of hydrogen-bond acceptors (Lipinski definition) is 2. The van der Waals surface area contributed by atoms with Crippen LogP contribution in [0.15, 0.2) is 0 Å². The minimum atomic E-state index is -0.962. The highest BCUT2D eigenvalue weighted by Gasteiger charge is 2.18. The van der Waals surface area contributed by atoms with Gasteiger partial charge < -0.3 is 15.2 Å². The van der Waals surface area contributed by atoms with E-state index in [0.717, 1.165) is 17.5 Å². The highest BCUT2D eigenvalue weighted by atomic mass is 16.4. The van der Waals surface area contributed by atoms with Gasteiger partial charge >= 0.3 is 5.97 Å². The van der Waals surface area contributed by atoms with Gasteiger partial charge in [-0.05, 0) is 24.0 Å². The molecular formula is C10H15NO3. The van der Waals surface area contributed by atoms with Crippen LogP contribution in [0.2, 0.25) is 0 Å². The van der Waals surface area contributed by atoms with E-state index in [2.05, 4.69) is 4.98 Å². The number of H-pyrrole nitrogens is 1. The molecule has 1 aromatic heterocycles. The SMILES string of the molecule is CCc1c(CO)[nH]c(C(=O)O)c1CC. The van der Waals surface area contributed by atoms with Crippen molar-refractivity contribution in [2.24, 2.45) is 0 Å². The maximum Gasteiger partial charge on any atom is 0.352 e. The summed E-state index contributed by atoms with van der Waals surface area (Å²) in [6.45, 7) is 3.73. The first-order valence-electron chi connectivity index (χ1n) is 4.72. The summed E-state index contributed by atoms with van der Waals surface area (Å²) in [5.41, 5.74) is 2.59. The van der Waals surface area contributed by atoms with Crippen LogP contribution < -0.4 is 0 Å². The molecule has 0 amide bonds. The van der Waals surface area contributed by atoms with Crippen molar-refractivity contribution in [3.05, 3.63) is 22.5 Å². The van der Waals surface area contributed by atoms with Crippen LogP contribution in [0.25, 0.3) is 0 Å². The van der Waals surface area contributed by atoms with Gasteiger partial charge in [0.1, 0.15) is 5.69 Å². The van der Waals surface area contributed by atoms with E-state index in [1.165, 1.54) is 0 Å². The quantitative estimate of drug-likeness (QED) is 0.681. The summed E-state index contributed by atoms with van der Waals surface area (Å²) in [4.78, 5) is 13.6. The molecule has 0 spiro atoms. The van der Waals surface area contributed by atoms with Gasteiger partial charge in [0.2, 0.25) is 0 Å². The number of aromatic nitrogens is 1. The van der Waals surface area contributed by atoms with Gasteiger partial charge in [-0.15, -0.1) is 0 Å². The summed E-state index contributed by atoms with van der Waals surface area (Å²) in [6.07, 6.45) is 1.41. The molecule has 0 radical (unpaired) electrons. The number of hydrogen-bond donors (Lipinski definition) is 3. The van der Waals surface area contributed by atoms with E-state index in [0.29, 0.717) is 12.1 Å². The van der Waals surface area contributed by atoms with E-state index < -0.39 is 5.97 Å². The fraction of sp³-hybridized carbons (Fsp3) is 0.500. The zero-order chi connectivity index (χ0) is 10.7. The lowest BCUT2D eigenvalue weighted by atomic mass is 10.0. The van der Waals surface area contributed by atoms with Crippen LogP contribution in [-0.2, 0) is 19.4 Å². The van der Waals surface area contributed by atoms with Gasteiger partial charge in [0, 0.05) is 5.69 Å². The predicted molar refractivity (Wildman–Crippen MR) is 52.4 cm³/mol. The molecule has 4 heteroatoms. The van der Waals surface area contributed by atoms with E-state index in [1.807, 2.05) is 13.8 Å². The summed E-state index contributed by atoms with van der Waals surface area (Å²) in [5.74, 6) is -0.962. The average molecular weight is 197 g/mol. The molecule has 1 aromatic rings. The van der Waals surface area contributed by atoms with Gasteiger partial charge in [-0.3, -0.25) is 0 Å². The molecule has 0 saturated heterocycles. The molecule has 0 bridgehead atoms. The minimum Gasteiger partial charge on any atom is -0.477 e. The van der Waals surface area contributed by atoms with Crippen LogP contribution in [0, 0.1) is 0 Å². The molecule has 0 aliphatic heterocycles. The molecule has 0 aliphatic carbocycles. The Morgan fingerprint density at radius 2 is 1.86 bits per heavy atom. The second kappa shape index (κ2) is 4.28. The van der Waals surface area contributed by atoms with Crippen LogP contribution in [0.1, 0.15) is 41.2 Å². The maximum atomic E-state index is 10.9. The first kappa shape index (κ1) is 10.8. The van der Waals surface area contributed by atoms with Crippen molar-refractivity contribution in [3.8, 4) is 0 Å². The zero-order valence-corrected chi connectivity index (χ0v) is 8.42. The van der Waals surface area contributed by atoms with E-state index in [-0.39, 0.29) is 12.3 Å². The maximum absolute atomic E-state index is 10.9. The minimum absolute atomic E-state index is 0.135. The highest BCUT2D eigenvalue weighted by Crippen LogP contribution is 2.20. The number of nitrogens with one attached hydrogen (secondary N) is 1. The van der Waals surface area contributed by atoms with E-state index in [4.69, 9.17) is 10.2 Å². The average Bonchev–Trinajstić information content (AvgIpc) is 2.54. The molecule has 0 unspecified atom stereocenters. The predicted octanol–water partition coefficient (Wildman–Crippen LogP) is 1.33. The van der Waals surface area contributed by atoms with Gasteiger partial charge in [-0.2, -0.15) is 0 Å². The molecule has 0 fully saturated rings. The van der Waals surface area contributed by atoms with Crippen LogP contribution >= 0.6 is 0 Å². The Morgan fingerprint density at radius 1 is 1.29 bits per heavy atom. The van der Waals surface area contributed by atoms with E-state index in [1.54, 1.807) is 0 Å². The Labute approximate surface area is 82.6 Å². The van der Waals surface area contributed by atoms with Gasteiger partial charge in [-0.1, -0.05) is 13.8 Å². The molecule has 4 nitrogen and oxygen atoms in total. The lowest BCUT2D eigenvalue weighted by Gasteiger charge is -2.00. The summed E-state index contributed by atoms with van der Waals surface area (Å²) < 4.78 is 0. The largest absolute Gasteiger partial charge is 0.477 e. The number of carboxylic acid groups (broad SMARTS) is 1. The fourth-order valence-electron chi connectivity index (χ4n) is 1.77. The zero-order valence-electron chi connectivity index (χ0n) is 8.42. The lowest BCUT2D eigenvalue weighted by molar-refractivity contribution is 0.0689. The molecular weight excluding hydrogens is 182 g/mol. The van der Waals surface area contributed by atoms with Crippen LogP contribution in [0.5, 0.6) is 0 Å². The van der Waals surface area contributed by atoms with Gasteiger partial charge in [0.25, 0.3) is 0 Å². The van der Waals surface area contributed by atoms with Crippen molar-refractivity contribution in [1.29, 1.82) is 0 Å². The summed E-state index contributed by atoms with van der Waals surface area (Å²) >= 11 is 0. The van der Waals surface area contributed by atoms with Crippen molar-refractivity contribution in [1.82, 2.24) is 4.98 Å². The molecule has 0 saturated carbocycles. The smallest absolute Gasteiger partial charge is 0.352 e. The molecule has 14 heavy (non-hydrogen) atoms. The third-order valence-electron chi connectivity index (χ3n) is 2.39. The molecule has 78 valence electrons.